The molecule has 0 aliphatic rings. The van der Waals surface area contributed by atoms with E-state index < -0.39 is 51.0 Å². The van der Waals surface area contributed by atoms with E-state index in [4.69, 9.17) is 23.8 Å². The minimum atomic E-state index is -5.05. The number of pyridine rings is 1. The first-order chi connectivity index (χ1) is 13.6. The molecule has 0 spiro atoms. The third-order valence-corrected chi connectivity index (χ3v) is 3.80. The molecule has 30 heavy (non-hydrogen) atoms. The van der Waals surface area contributed by atoms with Gasteiger partial charge in [0.2, 0.25) is 0 Å². The van der Waals surface area contributed by atoms with Crippen molar-refractivity contribution in [3.05, 3.63) is 52.2 Å². The molecule has 1 heterocycles. The van der Waals surface area contributed by atoms with Gasteiger partial charge in [-0.15, -0.1) is 0 Å². The van der Waals surface area contributed by atoms with Crippen molar-refractivity contribution in [1.82, 2.24) is 10.4 Å². The average molecular weight is 483 g/mol. The first-order valence-electron chi connectivity index (χ1n) is 7.42. The molecule has 2 rings (SSSR count). The second kappa shape index (κ2) is 8.34. The van der Waals surface area contributed by atoms with Crippen molar-refractivity contribution in [1.29, 1.82) is 0 Å². The summed E-state index contributed by atoms with van der Waals surface area (Å²) in [6.45, 7) is 0. The number of halogens is 10. The molecule has 0 saturated carbocycles. The van der Waals surface area contributed by atoms with Crippen molar-refractivity contribution in [3.63, 3.8) is 0 Å². The van der Waals surface area contributed by atoms with Gasteiger partial charge in [-0.1, -0.05) is 11.6 Å². The number of hydrogen-bond donors (Lipinski definition) is 3. The number of alkyl halides is 9. The van der Waals surface area contributed by atoms with E-state index in [0.29, 0.717) is 24.4 Å². The molecule has 0 atom stereocenters. The lowest BCUT2D eigenvalue weighted by Gasteiger charge is -2.17. The molecular formula is C15H8ClF9N4S. The number of hydrogen-bond acceptors (Lipinski definition) is 3. The molecule has 0 aliphatic heterocycles. The summed E-state index contributed by atoms with van der Waals surface area (Å²) < 4.78 is 115. The molecule has 0 saturated heterocycles. The molecule has 4 nitrogen and oxygen atoms in total. The molecule has 1 aromatic carbocycles. The number of benzene rings is 1. The van der Waals surface area contributed by atoms with Crippen LogP contribution in [-0.2, 0) is 18.5 Å². The number of thiocarbonyl (C=S) groups is 1. The van der Waals surface area contributed by atoms with Crippen molar-refractivity contribution >= 4 is 40.4 Å². The molecular weight excluding hydrogens is 475 g/mol. The smallest absolute Gasteiger partial charge is 0.331 e. The standard InChI is InChI=1S/C15H8ClF9N4S/c16-10-4-8(15(23,24)25)5-26-11(10)28-29-12(30)27-9-2-6(13(17,18)19)1-7(3-9)14(20,21)22/h1-5H,(H,26,28)(H2,27,29,30). The Labute approximate surface area is 172 Å². The second-order valence-electron chi connectivity index (χ2n) is 5.55. The first-order valence-corrected chi connectivity index (χ1v) is 8.21. The Kier molecular flexibility index (Phi) is 6.61. The van der Waals surface area contributed by atoms with Gasteiger partial charge in [0.25, 0.3) is 0 Å². The van der Waals surface area contributed by atoms with Gasteiger partial charge in [-0.2, -0.15) is 39.5 Å². The third-order valence-electron chi connectivity index (χ3n) is 3.31. The molecule has 0 bridgehead atoms. The average Bonchev–Trinajstić information content (AvgIpc) is 2.58. The highest BCUT2D eigenvalue weighted by molar-refractivity contribution is 7.80. The molecule has 164 valence electrons. The number of nitrogens with zero attached hydrogens (tertiary/aromatic N) is 1. The van der Waals surface area contributed by atoms with Crippen LogP contribution in [0.3, 0.4) is 0 Å². The highest BCUT2D eigenvalue weighted by Gasteiger charge is 2.37. The summed E-state index contributed by atoms with van der Waals surface area (Å²) in [5, 5.41) is 1.11. The predicted octanol–water partition coefficient (Wildman–Crippen LogP) is 6.10. The molecule has 0 aliphatic carbocycles. The summed E-state index contributed by atoms with van der Waals surface area (Å²) in [5.41, 5.74) is -0.571. The van der Waals surface area contributed by atoms with E-state index in [2.05, 4.69) is 21.2 Å². The Morgan fingerprint density at radius 1 is 0.800 bits per heavy atom. The quantitative estimate of drug-likeness (QED) is 0.280. The zero-order valence-corrected chi connectivity index (χ0v) is 15.6. The van der Waals surface area contributed by atoms with Crippen LogP contribution in [0, 0.1) is 0 Å². The number of anilines is 2. The minimum absolute atomic E-state index is 0.0637. The molecule has 1 aromatic heterocycles. The fourth-order valence-corrected chi connectivity index (χ4v) is 2.37. The van der Waals surface area contributed by atoms with Gasteiger partial charge in [-0.3, -0.25) is 10.9 Å². The summed E-state index contributed by atoms with van der Waals surface area (Å²) in [5.74, 6) is -0.325. The van der Waals surface area contributed by atoms with Crippen molar-refractivity contribution in [2.24, 2.45) is 0 Å². The van der Waals surface area contributed by atoms with Crippen LogP contribution >= 0.6 is 23.8 Å². The largest absolute Gasteiger partial charge is 0.417 e. The van der Waals surface area contributed by atoms with Crippen LogP contribution in [0.4, 0.5) is 51.0 Å². The van der Waals surface area contributed by atoms with Crippen LogP contribution in [0.15, 0.2) is 30.5 Å². The monoisotopic (exact) mass is 482 g/mol. The second-order valence-corrected chi connectivity index (χ2v) is 6.37. The number of rotatable bonds is 3. The number of aromatic nitrogens is 1. The molecule has 3 N–H and O–H groups in total. The maximum Gasteiger partial charge on any atom is 0.417 e. The highest BCUT2D eigenvalue weighted by atomic mass is 35.5. The van der Waals surface area contributed by atoms with E-state index in [9.17, 15) is 39.5 Å². The summed E-state index contributed by atoms with van der Waals surface area (Å²) in [6.07, 6.45) is -14.3. The molecule has 0 radical (unpaired) electrons. The molecule has 0 amide bonds. The maximum absolute atomic E-state index is 12.8. The first kappa shape index (κ1) is 23.8. The summed E-state index contributed by atoms with van der Waals surface area (Å²) >= 11 is 10.4. The van der Waals surface area contributed by atoms with E-state index in [1.165, 1.54) is 0 Å². The van der Waals surface area contributed by atoms with Crippen LogP contribution < -0.4 is 16.2 Å². The van der Waals surface area contributed by atoms with Crippen molar-refractivity contribution < 1.29 is 39.5 Å². The zero-order chi connectivity index (χ0) is 22.9. The van der Waals surface area contributed by atoms with E-state index in [1.807, 2.05) is 0 Å². The SMILES string of the molecule is FC(F)(F)c1cc(NC(=S)NNc2ncc(C(F)(F)F)cc2Cl)cc(C(F)(F)F)c1. The van der Waals surface area contributed by atoms with Crippen LogP contribution in [0.2, 0.25) is 5.02 Å². The number of hydrazine groups is 1. The van der Waals surface area contributed by atoms with Gasteiger partial charge in [-0.25, -0.2) is 4.98 Å². The summed E-state index contributed by atoms with van der Waals surface area (Å²) in [4.78, 5) is 3.41. The molecule has 15 heteroatoms. The topological polar surface area (TPSA) is 49.0 Å². The van der Waals surface area contributed by atoms with Gasteiger partial charge in [0.05, 0.1) is 21.7 Å². The Morgan fingerprint density at radius 2 is 1.30 bits per heavy atom. The van der Waals surface area contributed by atoms with Gasteiger partial charge in [-0.05, 0) is 36.5 Å². The van der Waals surface area contributed by atoms with E-state index in [1.54, 1.807) is 0 Å². The Hall–Kier alpha value is -2.48. The Balaban J connectivity index is 2.15. The maximum atomic E-state index is 12.8. The minimum Gasteiger partial charge on any atom is -0.331 e. The van der Waals surface area contributed by atoms with Crippen LogP contribution in [0.1, 0.15) is 16.7 Å². The van der Waals surface area contributed by atoms with Gasteiger partial charge >= 0.3 is 18.5 Å². The van der Waals surface area contributed by atoms with Gasteiger partial charge < -0.3 is 5.32 Å². The number of nitrogens with one attached hydrogen (secondary N) is 3. The van der Waals surface area contributed by atoms with Crippen molar-refractivity contribution in [3.8, 4) is 0 Å². The molecule has 0 unspecified atom stereocenters. The van der Waals surface area contributed by atoms with Gasteiger partial charge in [0.15, 0.2) is 10.9 Å². The summed E-state index contributed by atoms with van der Waals surface area (Å²) in [7, 11) is 0. The lowest BCUT2D eigenvalue weighted by atomic mass is 10.1. The van der Waals surface area contributed by atoms with Crippen LogP contribution in [0.25, 0.3) is 0 Å². The predicted molar refractivity (Wildman–Crippen MR) is 93.7 cm³/mol. The molecule has 2 aromatic rings. The van der Waals surface area contributed by atoms with Gasteiger partial charge in [0.1, 0.15) is 0 Å². The van der Waals surface area contributed by atoms with Crippen LogP contribution in [0.5, 0.6) is 0 Å². The van der Waals surface area contributed by atoms with Crippen LogP contribution in [-0.4, -0.2) is 10.1 Å². The van der Waals surface area contributed by atoms with E-state index in [0.717, 1.165) is 0 Å². The van der Waals surface area contributed by atoms with Crippen molar-refractivity contribution in [2.75, 3.05) is 10.7 Å². The third kappa shape index (κ3) is 6.26. The fourth-order valence-electron chi connectivity index (χ4n) is 1.99. The lowest BCUT2D eigenvalue weighted by Crippen LogP contribution is -2.34. The molecule has 0 fully saturated rings. The fraction of sp³-hybridized carbons (Fsp3) is 0.200. The highest BCUT2D eigenvalue weighted by Crippen LogP contribution is 2.37. The van der Waals surface area contributed by atoms with Crippen molar-refractivity contribution in [2.45, 2.75) is 18.5 Å². The lowest BCUT2D eigenvalue weighted by molar-refractivity contribution is -0.143. The van der Waals surface area contributed by atoms with E-state index in [-0.39, 0.29) is 11.9 Å². The van der Waals surface area contributed by atoms with E-state index >= 15 is 0 Å². The zero-order valence-electron chi connectivity index (χ0n) is 14.0. The normalized spacial score (nSPS) is 12.5. The van der Waals surface area contributed by atoms with Gasteiger partial charge in [0, 0.05) is 11.9 Å². The Morgan fingerprint density at radius 3 is 1.73 bits per heavy atom. The summed E-state index contributed by atoms with van der Waals surface area (Å²) in [6, 6.07) is 1.28. The Bertz CT molecular complexity index is 909.